The number of carbonyl (C=O) groups excluding carboxylic acids is 1. The van der Waals surface area contributed by atoms with Gasteiger partial charge in [-0.2, -0.15) is 0 Å². The first-order chi connectivity index (χ1) is 11.7. The van der Waals surface area contributed by atoms with Gasteiger partial charge in [-0.1, -0.05) is 36.4 Å². The van der Waals surface area contributed by atoms with Gasteiger partial charge in [-0.3, -0.25) is 0 Å². The molecule has 5 heteroatoms. The molecule has 2 aromatic carbocycles. The molecule has 0 unspecified atom stereocenters. The summed E-state index contributed by atoms with van der Waals surface area (Å²) < 4.78 is 5.30. The van der Waals surface area contributed by atoms with Gasteiger partial charge in [0.2, 0.25) is 0 Å². The maximum atomic E-state index is 12.4. The summed E-state index contributed by atoms with van der Waals surface area (Å²) in [6.07, 6.45) is 0. The number of hydrogen-bond donors (Lipinski definition) is 2. The largest absolute Gasteiger partial charge is 0.394 e. The third-order valence-corrected chi connectivity index (χ3v) is 4.29. The first-order valence-corrected chi connectivity index (χ1v) is 8.11. The number of aryl methyl sites for hydroxylation is 1. The number of anilines is 1. The molecule has 0 aromatic heterocycles. The van der Waals surface area contributed by atoms with Crippen molar-refractivity contribution in [1.29, 1.82) is 0 Å². The molecule has 0 spiro atoms. The number of aliphatic hydroxyl groups is 1. The Kier molecular flexibility index (Phi) is 5.13. The normalized spacial score (nSPS) is 17.6. The predicted octanol–water partition coefficient (Wildman–Crippen LogP) is 2.89. The Morgan fingerprint density at radius 2 is 2.00 bits per heavy atom. The van der Waals surface area contributed by atoms with Gasteiger partial charge in [-0.15, -0.1) is 0 Å². The van der Waals surface area contributed by atoms with Crippen LogP contribution in [0.25, 0.3) is 11.1 Å². The molecule has 1 atom stereocenters. The molecule has 2 amide bonds. The van der Waals surface area contributed by atoms with Crippen molar-refractivity contribution in [2.24, 2.45) is 0 Å². The van der Waals surface area contributed by atoms with Crippen LogP contribution < -0.4 is 5.32 Å². The molecular weight excluding hydrogens is 304 g/mol. The highest BCUT2D eigenvalue weighted by Crippen LogP contribution is 2.24. The molecule has 1 aliphatic rings. The molecule has 5 nitrogen and oxygen atoms in total. The first-order valence-electron chi connectivity index (χ1n) is 8.11. The van der Waals surface area contributed by atoms with E-state index in [0.717, 1.165) is 11.3 Å². The van der Waals surface area contributed by atoms with Gasteiger partial charge in [-0.05, 0) is 35.7 Å². The fourth-order valence-electron chi connectivity index (χ4n) is 2.90. The predicted molar refractivity (Wildman–Crippen MR) is 94.0 cm³/mol. The molecule has 0 radical (unpaired) electrons. The van der Waals surface area contributed by atoms with E-state index in [4.69, 9.17) is 4.74 Å². The lowest BCUT2D eigenvalue weighted by Gasteiger charge is -2.34. The van der Waals surface area contributed by atoms with E-state index in [1.807, 2.05) is 36.4 Å². The maximum absolute atomic E-state index is 12.4. The average Bonchev–Trinajstić information content (AvgIpc) is 2.63. The zero-order chi connectivity index (χ0) is 16.9. The number of urea groups is 1. The monoisotopic (exact) mass is 326 g/mol. The minimum absolute atomic E-state index is 0.0976. The summed E-state index contributed by atoms with van der Waals surface area (Å²) in [7, 11) is 0. The fourth-order valence-corrected chi connectivity index (χ4v) is 2.90. The third kappa shape index (κ3) is 3.58. The van der Waals surface area contributed by atoms with Crippen LogP contribution in [0, 0.1) is 6.92 Å². The van der Waals surface area contributed by atoms with Crippen molar-refractivity contribution in [3.05, 3.63) is 54.1 Å². The van der Waals surface area contributed by atoms with Crippen molar-refractivity contribution in [2.75, 3.05) is 31.7 Å². The molecule has 126 valence electrons. The van der Waals surface area contributed by atoms with Gasteiger partial charge in [0.25, 0.3) is 0 Å². The smallest absolute Gasteiger partial charge is 0.322 e. The maximum Gasteiger partial charge on any atom is 0.322 e. The van der Waals surface area contributed by atoms with E-state index in [-0.39, 0.29) is 18.7 Å². The summed E-state index contributed by atoms with van der Waals surface area (Å²) in [6.45, 7) is 3.34. The van der Waals surface area contributed by atoms with Gasteiger partial charge in [0.1, 0.15) is 0 Å². The van der Waals surface area contributed by atoms with E-state index >= 15 is 0 Å². The molecule has 1 fully saturated rings. The van der Waals surface area contributed by atoms with Crippen LogP contribution in [-0.4, -0.2) is 48.4 Å². The van der Waals surface area contributed by atoms with Crippen molar-refractivity contribution in [2.45, 2.75) is 13.0 Å². The second-order valence-corrected chi connectivity index (χ2v) is 5.93. The molecule has 1 heterocycles. The van der Waals surface area contributed by atoms with Crippen LogP contribution in [0.4, 0.5) is 10.5 Å². The highest BCUT2D eigenvalue weighted by molar-refractivity contribution is 5.90. The molecule has 1 saturated heterocycles. The number of hydrogen-bond acceptors (Lipinski definition) is 3. The van der Waals surface area contributed by atoms with Crippen LogP contribution >= 0.6 is 0 Å². The topological polar surface area (TPSA) is 61.8 Å². The van der Waals surface area contributed by atoms with E-state index in [0.29, 0.717) is 19.8 Å². The lowest BCUT2D eigenvalue weighted by Crippen LogP contribution is -2.52. The van der Waals surface area contributed by atoms with Crippen molar-refractivity contribution >= 4 is 11.7 Å². The van der Waals surface area contributed by atoms with Crippen LogP contribution in [0.3, 0.4) is 0 Å². The zero-order valence-electron chi connectivity index (χ0n) is 13.7. The highest BCUT2D eigenvalue weighted by atomic mass is 16.5. The zero-order valence-corrected chi connectivity index (χ0v) is 13.7. The van der Waals surface area contributed by atoms with Crippen molar-refractivity contribution < 1.29 is 14.6 Å². The van der Waals surface area contributed by atoms with Gasteiger partial charge in [0, 0.05) is 12.2 Å². The molecule has 24 heavy (non-hydrogen) atoms. The van der Waals surface area contributed by atoms with Gasteiger partial charge < -0.3 is 20.1 Å². The Morgan fingerprint density at radius 3 is 2.71 bits per heavy atom. The molecule has 1 aliphatic heterocycles. The van der Waals surface area contributed by atoms with Crippen LogP contribution in [0.1, 0.15) is 5.56 Å². The number of aliphatic hydroxyl groups excluding tert-OH is 1. The number of amides is 2. The van der Waals surface area contributed by atoms with Gasteiger partial charge >= 0.3 is 6.03 Å². The molecule has 2 N–H and O–H groups in total. The number of ether oxygens (including phenoxy) is 1. The van der Waals surface area contributed by atoms with Crippen LogP contribution in [0.5, 0.6) is 0 Å². The van der Waals surface area contributed by atoms with Gasteiger partial charge in [-0.25, -0.2) is 4.79 Å². The van der Waals surface area contributed by atoms with E-state index in [1.54, 1.807) is 4.90 Å². The molecule has 0 bridgehead atoms. The number of nitrogens with zero attached hydrogens (tertiary/aromatic N) is 1. The Morgan fingerprint density at radius 1 is 1.25 bits per heavy atom. The summed E-state index contributed by atoms with van der Waals surface area (Å²) in [5, 5.41) is 12.3. The quantitative estimate of drug-likeness (QED) is 0.912. The van der Waals surface area contributed by atoms with E-state index in [2.05, 4.69) is 24.4 Å². The van der Waals surface area contributed by atoms with Crippen molar-refractivity contribution in [1.82, 2.24) is 4.90 Å². The summed E-state index contributed by atoms with van der Waals surface area (Å²) in [4.78, 5) is 14.0. The number of rotatable bonds is 3. The number of morpholine rings is 1. The van der Waals surface area contributed by atoms with Gasteiger partial charge in [0.05, 0.1) is 25.9 Å². The molecule has 0 aliphatic carbocycles. The van der Waals surface area contributed by atoms with Crippen LogP contribution in [0.2, 0.25) is 0 Å². The Labute approximate surface area is 141 Å². The van der Waals surface area contributed by atoms with Crippen molar-refractivity contribution in [3.8, 4) is 11.1 Å². The minimum Gasteiger partial charge on any atom is -0.394 e. The molecular formula is C19H22N2O3. The number of carbonyl (C=O) groups is 1. The SMILES string of the molecule is Cc1ccccc1-c1ccc(NC(=O)N2CCOC[C@H]2CO)cc1. The molecule has 2 aromatic rings. The van der Waals surface area contributed by atoms with Crippen LogP contribution in [-0.2, 0) is 4.74 Å². The standard InChI is InChI=1S/C19H22N2O3/c1-14-4-2-3-5-18(14)15-6-8-16(9-7-15)20-19(23)21-10-11-24-13-17(21)12-22/h2-9,17,22H,10-13H2,1H3,(H,20,23)/t17-/m1/s1. The van der Waals surface area contributed by atoms with E-state index in [1.165, 1.54) is 11.1 Å². The third-order valence-electron chi connectivity index (χ3n) is 4.29. The van der Waals surface area contributed by atoms with Gasteiger partial charge in [0.15, 0.2) is 0 Å². The molecule has 3 rings (SSSR count). The number of nitrogens with one attached hydrogen (secondary N) is 1. The average molecular weight is 326 g/mol. The summed E-state index contributed by atoms with van der Waals surface area (Å²) >= 11 is 0. The van der Waals surface area contributed by atoms with E-state index in [9.17, 15) is 9.90 Å². The van der Waals surface area contributed by atoms with E-state index < -0.39 is 0 Å². The minimum atomic E-state index is -0.287. The fraction of sp³-hybridized carbons (Fsp3) is 0.316. The first kappa shape index (κ1) is 16.5. The summed E-state index contributed by atoms with van der Waals surface area (Å²) in [5.41, 5.74) is 4.25. The summed E-state index contributed by atoms with van der Waals surface area (Å²) in [5.74, 6) is 0. The lowest BCUT2D eigenvalue weighted by molar-refractivity contribution is -0.00485. The summed E-state index contributed by atoms with van der Waals surface area (Å²) in [6, 6.07) is 15.5. The Hall–Kier alpha value is -2.37. The number of benzene rings is 2. The molecule has 0 saturated carbocycles. The second-order valence-electron chi connectivity index (χ2n) is 5.93. The highest BCUT2D eigenvalue weighted by Gasteiger charge is 2.26. The Bertz CT molecular complexity index is 700. The van der Waals surface area contributed by atoms with Crippen molar-refractivity contribution in [3.63, 3.8) is 0 Å². The second kappa shape index (κ2) is 7.47. The lowest BCUT2D eigenvalue weighted by atomic mass is 10.0. The Balaban J connectivity index is 1.70. The van der Waals surface area contributed by atoms with Crippen LogP contribution in [0.15, 0.2) is 48.5 Å².